The molecule has 0 spiro atoms. The molecule has 7 rings (SSSR count). The number of rotatable bonds is 11. The number of hydrogen-bond acceptors (Lipinski definition) is 7. The van der Waals surface area contributed by atoms with Crippen molar-refractivity contribution < 1.29 is 17.1 Å². The summed E-state index contributed by atoms with van der Waals surface area (Å²) in [4.78, 5) is 32.0. The van der Waals surface area contributed by atoms with Crippen molar-refractivity contribution in [3.63, 3.8) is 0 Å². The van der Waals surface area contributed by atoms with Gasteiger partial charge in [0.1, 0.15) is 0 Å². The van der Waals surface area contributed by atoms with Crippen molar-refractivity contribution in [2.45, 2.75) is 58.3 Å². The van der Waals surface area contributed by atoms with Crippen LogP contribution in [0.25, 0.3) is 57.4 Å². The van der Waals surface area contributed by atoms with Gasteiger partial charge in [-0.05, 0) is 91.4 Å². The molecule has 2 aliphatic rings. The summed E-state index contributed by atoms with van der Waals surface area (Å²) in [6.07, 6.45) is 18.9. The number of para-hydroxylation sites is 2. The molecule has 49 heavy (non-hydrogen) atoms. The molecular weight excluding hydrogens is 664 g/mol. The van der Waals surface area contributed by atoms with Gasteiger partial charge in [0.2, 0.25) is 0 Å². The van der Waals surface area contributed by atoms with Crippen LogP contribution in [-0.4, -0.2) is 36.4 Å². The van der Waals surface area contributed by atoms with Crippen LogP contribution in [0.2, 0.25) is 0 Å². The third kappa shape index (κ3) is 12.4. The van der Waals surface area contributed by atoms with Crippen LogP contribution in [-0.2, 0) is 17.1 Å². The second kappa shape index (κ2) is 20.1. The number of nitrogens with one attached hydrogen (secondary N) is 7. The molecule has 0 saturated carbocycles. The SMILES string of the molecule is C1=Cc2cc3ccc(cc4ccc(cc5nc(cc1n2)C=C5)[nH]4)[nH]3.CCCCCCCCCCNNNN.O=c1[nH]c2ccccc2[nH]1.[Cu]. The fourth-order valence-electron chi connectivity index (χ4n) is 5.38. The summed E-state index contributed by atoms with van der Waals surface area (Å²) in [6, 6.07) is 23.9. The van der Waals surface area contributed by atoms with Gasteiger partial charge in [-0.2, -0.15) is 11.1 Å². The van der Waals surface area contributed by atoms with E-state index in [1.165, 1.54) is 51.4 Å². The minimum absolute atomic E-state index is 0. The summed E-state index contributed by atoms with van der Waals surface area (Å²) in [5.74, 6) is 5.01. The summed E-state index contributed by atoms with van der Waals surface area (Å²) in [5, 5.41) is 0. The Morgan fingerprint density at radius 3 is 1.53 bits per heavy atom. The molecule has 1 aromatic carbocycles. The monoisotopic (exact) mass is 709 g/mol. The maximum Gasteiger partial charge on any atom is 0.323 e. The molecule has 2 aliphatic heterocycles. The van der Waals surface area contributed by atoms with Gasteiger partial charge in [0.05, 0.1) is 33.8 Å². The summed E-state index contributed by atoms with van der Waals surface area (Å²) in [5.41, 5.74) is 17.4. The normalized spacial score (nSPS) is 11.4. The molecule has 4 aromatic heterocycles. The molecule has 0 aliphatic carbocycles. The second-order valence-corrected chi connectivity index (χ2v) is 11.7. The van der Waals surface area contributed by atoms with E-state index in [9.17, 15) is 4.79 Å². The van der Waals surface area contributed by atoms with E-state index in [2.05, 4.69) is 83.7 Å². The van der Waals surface area contributed by atoms with Gasteiger partial charge in [0.15, 0.2) is 0 Å². The summed E-state index contributed by atoms with van der Waals surface area (Å²) in [6.45, 7) is 3.23. The first-order chi connectivity index (χ1) is 23.6. The maximum absolute atomic E-state index is 10.7. The molecular formula is C37H46CuN10O. The number of aromatic amines is 4. The molecule has 0 atom stereocenters. The first-order valence-electron chi connectivity index (χ1n) is 16.7. The third-order valence-electron chi connectivity index (χ3n) is 7.78. The molecule has 12 heteroatoms. The number of hydrogen-bond donors (Lipinski definition) is 8. The molecule has 1 radical (unpaired) electrons. The Labute approximate surface area is 296 Å². The topological polar surface area (TPSA) is 168 Å². The summed E-state index contributed by atoms with van der Waals surface area (Å²) in [7, 11) is 0. The molecule has 261 valence electrons. The molecule has 0 amide bonds. The fourth-order valence-corrected chi connectivity index (χ4v) is 5.38. The van der Waals surface area contributed by atoms with E-state index in [-0.39, 0.29) is 22.8 Å². The zero-order valence-electron chi connectivity index (χ0n) is 27.8. The van der Waals surface area contributed by atoms with Gasteiger partial charge in [-0.15, -0.1) is 0 Å². The number of benzene rings is 1. The van der Waals surface area contributed by atoms with E-state index in [1.54, 1.807) is 0 Å². The molecule has 11 nitrogen and oxygen atoms in total. The number of nitrogens with two attached hydrogens (primary N) is 1. The van der Waals surface area contributed by atoms with E-state index in [4.69, 9.17) is 5.84 Å². The first kappa shape index (κ1) is 37.3. The van der Waals surface area contributed by atoms with Gasteiger partial charge in [-0.3, -0.25) is 5.84 Å². The molecule has 9 N–H and O–H groups in total. The average Bonchev–Trinajstić information content (AvgIpc) is 3.93. The second-order valence-electron chi connectivity index (χ2n) is 11.7. The zero-order valence-corrected chi connectivity index (χ0v) is 28.7. The number of aromatic nitrogens is 6. The molecule has 0 unspecified atom stereocenters. The van der Waals surface area contributed by atoms with Crippen LogP contribution < -0.4 is 28.0 Å². The van der Waals surface area contributed by atoms with Crippen LogP contribution in [0.15, 0.2) is 77.6 Å². The number of unbranched alkanes of at least 4 members (excludes halogenated alkanes) is 7. The van der Waals surface area contributed by atoms with E-state index in [0.717, 1.165) is 62.4 Å². The number of nitrogens with zero attached hydrogens (tertiary/aromatic N) is 2. The number of hydrazine groups is 3. The quantitative estimate of drug-likeness (QED) is 0.0307. The molecule has 8 bridgehead atoms. The number of H-pyrrole nitrogens is 4. The predicted molar refractivity (Wildman–Crippen MR) is 199 cm³/mol. The van der Waals surface area contributed by atoms with Crippen molar-refractivity contribution in [1.29, 1.82) is 0 Å². The van der Waals surface area contributed by atoms with Crippen molar-refractivity contribution in [3.05, 3.63) is 106 Å². The Morgan fingerprint density at radius 2 is 1.04 bits per heavy atom. The Kier molecular flexibility index (Phi) is 15.3. The Bertz CT molecular complexity index is 1880. The van der Waals surface area contributed by atoms with E-state index >= 15 is 0 Å². The van der Waals surface area contributed by atoms with E-state index in [0.29, 0.717) is 0 Å². The minimum Gasteiger partial charge on any atom is -0.355 e. The Hall–Kier alpha value is -4.55. The van der Waals surface area contributed by atoms with Crippen LogP contribution in [0.5, 0.6) is 0 Å². The number of fused-ring (bicyclic) bond motifs is 9. The summed E-state index contributed by atoms with van der Waals surface area (Å²) < 4.78 is 0. The van der Waals surface area contributed by atoms with Crippen LogP contribution >= 0.6 is 0 Å². The molecule has 5 aromatic rings. The molecule has 6 heterocycles. The number of imidazole rings is 1. The van der Waals surface area contributed by atoms with Gasteiger partial charge in [-0.1, -0.05) is 64.0 Å². The van der Waals surface area contributed by atoms with Crippen molar-refractivity contribution >= 4 is 57.4 Å². The van der Waals surface area contributed by atoms with Crippen molar-refractivity contribution in [3.8, 4) is 0 Å². The Morgan fingerprint density at radius 1 is 0.592 bits per heavy atom. The van der Waals surface area contributed by atoms with Crippen molar-refractivity contribution in [2.75, 3.05) is 6.54 Å². The van der Waals surface area contributed by atoms with E-state index < -0.39 is 0 Å². The maximum atomic E-state index is 10.7. The minimum atomic E-state index is -0.152. The van der Waals surface area contributed by atoms with Crippen molar-refractivity contribution in [2.24, 2.45) is 5.84 Å². The fraction of sp³-hybridized carbons (Fsp3) is 0.270. The van der Waals surface area contributed by atoms with Gasteiger partial charge in [0, 0.05) is 45.7 Å². The predicted octanol–water partition coefficient (Wildman–Crippen LogP) is 7.11. The summed E-state index contributed by atoms with van der Waals surface area (Å²) >= 11 is 0. The smallest absolute Gasteiger partial charge is 0.323 e. The van der Waals surface area contributed by atoms with Crippen LogP contribution in [0.4, 0.5) is 0 Å². The average molecular weight is 710 g/mol. The van der Waals surface area contributed by atoms with Gasteiger partial charge < -0.3 is 19.9 Å². The van der Waals surface area contributed by atoms with Gasteiger partial charge >= 0.3 is 5.69 Å². The van der Waals surface area contributed by atoms with Crippen molar-refractivity contribution in [1.82, 2.24) is 46.4 Å². The van der Waals surface area contributed by atoms with Crippen LogP contribution in [0, 0.1) is 0 Å². The van der Waals surface area contributed by atoms with Crippen LogP contribution in [0.1, 0.15) is 81.1 Å². The zero-order chi connectivity index (χ0) is 33.4. The van der Waals surface area contributed by atoms with Gasteiger partial charge in [0.25, 0.3) is 0 Å². The third-order valence-corrected chi connectivity index (χ3v) is 7.78. The first-order valence-corrected chi connectivity index (χ1v) is 16.7. The standard InChI is InChI=1S/C20H14N4.C10H26N4.C7H6N2O.Cu/c1-2-14-10-16-5-6-18(23-16)12-20-8-7-19(24-20)11-17-4-3-15(22-17)9-13(1)21-14;1-2-3-4-5-6-7-8-9-10-12-14-13-11;10-7-8-5-3-1-2-4-6(5)9-7;/h1-12,21-22H;12-14H,2-11H2,1H3;1-4H,(H2,8,9,10);. The van der Waals surface area contributed by atoms with Gasteiger partial charge in [-0.25, -0.2) is 20.2 Å². The molecule has 0 saturated heterocycles. The van der Waals surface area contributed by atoms with E-state index in [1.807, 2.05) is 66.8 Å². The Balaban J connectivity index is 0.000000184. The molecule has 0 fully saturated rings. The largest absolute Gasteiger partial charge is 0.355 e. The van der Waals surface area contributed by atoms with Crippen LogP contribution in [0.3, 0.4) is 0 Å².